The molecule has 1 N–H and O–H groups in total. The van der Waals surface area contributed by atoms with Crippen LogP contribution in [0.5, 0.6) is 5.75 Å². The summed E-state index contributed by atoms with van der Waals surface area (Å²) in [4.78, 5) is 4.59. The second kappa shape index (κ2) is 6.46. The van der Waals surface area contributed by atoms with E-state index in [4.69, 9.17) is 16.3 Å². The number of ether oxygens (including phenoxy) is 1. The van der Waals surface area contributed by atoms with E-state index in [1.165, 1.54) is 12.8 Å². The number of aromatic nitrogens is 1. The van der Waals surface area contributed by atoms with Crippen molar-refractivity contribution in [3.8, 4) is 5.75 Å². The van der Waals surface area contributed by atoms with Gasteiger partial charge in [0.25, 0.3) is 0 Å². The van der Waals surface area contributed by atoms with Crippen molar-refractivity contribution in [2.24, 2.45) is 0 Å². The number of rotatable bonds is 6. The molecule has 0 atom stereocenters. The molecule has 21 heavy (non-hydrogen) atoms. The minimum atomic E-state index is 0.502. The molecule has 0 bridgehead atoms. The summed E-state index contributed by atoms with van der Waals surface area (Å²) in [7, 11) is 0. The van der Waals surface area contributed by atoms with Gasteiger partial charge in [0.1, 0.15) is 12.4 Å². The third-order valence-electron chi connectivity index (χ3n) is 3.49. The summed E-state index contributed by atoms with van der Waals surface area (Å²) in [6.07, 6.45) is 2.54. The number of hydrogen-bond acceptors (Lipinski definition) is 3. The normalized spacial score (nSPS) is 14.2. The lowest BCUT2D eigenvalue weighted by Crippen LogP contribution is -2.17. The molecule has 3 rings (SSSR count). The van der Waals surface area contributed by atoms with Gasteiger partial charge in [-0.2, -0.15) is 0 Å². The molecule has 3 nitrogen and oxygen atoms in total. The van der Waals surface area contributed by atoms with E-state index >= 15 is 0 Å². The summed E-state index contributed by atoms with van der Waals surface area (Å²) in [6, 6.07) is 12.4. The molecular weight excluding hydrogens is 284 g/mol. The Bertz CT molecular complexity index is 626. The Kier molecular flexibility index (Phi) is 4.42. The molecule has 0 spiro atoms. The van der Waals surface area contributed by atoms with Gasteiger partial charge in [-0.3, -0.25) is 4.98 Å². The molecule has 0 amide bonds. The third kappa shape index (κ3) is 4.19. The van der Waals surface area contributed by atoms with E-state index in [2.05, 4.69) is 10.3 Å². The Balaban J connectivity index is 1.68. The SMILES string of the molecule is Cc1ccc(OCc2cccc(Cl)c2)c(CNC2CC2)n1. The van der Waals surface area contributed by atoms with Crippen LogP contribution in [0.2, 0.25) is 5.02 Å². The quantitative estimate of drug-likeness (QED) is 0.879. The van der Waals surface area contributed by atoms with Gasteiger partial charge in [-0.25, -0.2) is 0 Å². The van der Waals surface area contributed by atoms with Gasteiger partial charge in [-0.1, -0.05) is 23.7 Å². The second-order valence-electron chi connectivity index (χ2n) is 5.47. The molecular formula is C17H19ClN2O. The van der Waals surface area contributed by atoms with Crippen molar-refractivity contribution < 1.29 is 4.74 Å². The number of hydrogen-bond donors (Lipinski definition) is 1. The molecule has 1 aromatic heterocycles. The Hall–Kier alpha value is -1.58. The minimum absolute atomic E-state index is 0.502. The smallest absolute Gasteiger partial charge is 0.142 e. The molecule has 0 unspecified atom stereocenters. The van der Waals surface area contributed by atoms with Crippen LogP contribution in [0.25, 0.3) is 0 Å². The van der Waals surface area contributed by atoms with Gasteiger partial charge in [-0.05, 0) is 49.6 Å². The largest absolute Gasteiger partial charge is 0.487 e. The van der Waals surface area contributed by atoms with Crippen LogP contribution >= 0.6 is 11.6 Å². The lowest BCUT2D eigenvalue weighted by Gasteiger charge is -2.12. The zero-order valence-electron chi connectivity index (χ0n) is 12.1. The average molecular weight is 303 g/mol. The first kappa shape index (κ1) is 14.4. The van der Waals surface area contributed by atoms with Gasteiger partial charge in [0.2, 0.25) is 0 Å². The number of halogens is 1. The molecule has 1 aliphatic carbocycles. The fourth-order valence-electron chi connectivity index (χ4n) is 2.17. The molecule has 1 fully saturated rings. The van der Waals surface area contributed by atoms with Crippen molar-refractivity contribution in [1.29, 1.82) is 0 Å². The summed E-state index contributed by atoms with van der Waals surface area (Å²) in [5.74, 6) is 0.841. The van der Waals surface area contributed by atoms with Crippen LogP contribution in [-0.4, -0.2) is 11.0 Å². The van der Waals surface area contributed by atoms with E-state index < -0.39 is 0 Å². The standard InChI is InChI=1S/C17H19ClN2O/c1-12-5-8-17(16(20-12)10-19-15-6-7-15)21-11-13-3-2-4-14(18)9-13/h2-5,8-9,15,19H,6-7,10-11H2,1H3. The number of nitrogens with one attached hydrogen (secondary N) is 1. The second-order valence-corrected chi connectivity index (χ2v) is 5.91. The number of aryl methyl sites for hydroxylation is 1. The molecule has 1 saturated carbocycles. The molecule has 0 radical (unpaired) electrons. The highest BCUT2D eigenvalue weighted by atomic mass is 35.5. The molecule has 1 aliphatic rings. The number of pyridine rings is 1. The van der Waals surface area contributed by atoms with Crippen LogP contribution < -0.4 is 10.1 Å². The molecule has 0 saturated heterocycles. The van der Waals surface area contributed by atoms with Crippen molar-refractivity contribution in [2.45, 2.75) is 39.0 Å². The van der Waals surface area contributed by atoms with Crippen molar-refractivity contribution >= 4 is 11.6 Å². The van der Waals surface area contributed by atoms with E-state index in [1.54, 1.807) is 0 Å². The highest BCUT2D eigenvalue weighted by Gasteiger charge is 2.21. The Morgan fingerprint density at radius 3 is 2.90 bits per heavy atom. The van der Waals surface area contributed by atoms with Gasteiger partial charge in [0.15, 0.2) is 0 Å². The van der Waals surface area contributed by atoms with Gasteiger partial charge >= 0.3 is 0 Å². The van der Waals surface area contributed by atoms with E-state index in [-0.39, 0.29) is 0 Å². The first-order valence-corrected chi connectivity index (χ1v) is 7.65. The van der Waals surface area contributed by atoms with Crippen molar-refractivity contribution in [2.75, 3.05) is 0 Å². The summed E-state index contributed by atoms with van der Waals surface area (Å²) < 4.78 is 5.92. The topological polar surface area (TPSA) is 34.1 Å². The minimum Gasteiger partial charge on any atom is -0.487 e. The molecule has 4 heteroatoms. The monoisotopic (exact) mass is 302 g/mol. The van der Waals surface area contributed by atoms with Gasteiger partial charge < -0.3 is 10.1 Å². The molecule has 1 heterocycles. The van der Waals surface area contributed by atoms with Crippen molar-refractivity contribution in [3.63, 3.8) is 0 Å². The maximum Gasteiger partial charge on any atom is 0.142 e. The average Bonchev–Trinajstić information content (AvgIpc) is 3.28. The maximum atomic E-state index is 5.99. The molecule has 1 aromatic carbocycles. The Morgan fingerprint density at radius 1 is 1.29 bits per heavy atom. The van der Waals surface area contributed by atoms with E-state index in [0.29, 0.717) is 12.6 Å². The zero-order chi connectivity index (χ0) is 14.7. The number of benzene rings is 1. The van der Waals surface area contributed by atoms with Crippen LogP contribution in [0.15, 0.2) is 36.4 Å². The fourth-order valence-corrected chi connectivity index (χ4v) is 2.38. The van der Waals surface area contributed by atoms with E-state index in [9.17, 15) is 0 Å². The van der Waals surface area contributed by atoms with Crippen LogP contribution in [0.4, 0.5) is 0 Å². The Morgan fingerprint density at radius 2 is 2.14 bits per heavy atom. The number of nitrogens with zero attached hydrogens (tertiary/aromatic N) is 1. The third-order valence-corrected chi connectivity index (χ3v) is 3.73. The zero-order valence-corrected chi connectivity index (χ0v) is 12.9. The predicted octanol–water partition coefficient (Wildman–Crippen LogP) is 3.87. The molecule has 2 aromatic rings. The highest BCUT2D eigenvalue weighted by molar-refractivity contribution is 6.30. The van der Waals surface area contributed by atoms with Crippen LogP contribution in [0.1, 0.15) is 29.8 Å². The van der Waals surface area contributed by atoms with Gasteiger partial charge in [0, 0.05) is 23.3 Å². The summed E-state index contributed by atoms with van der Waals surface area (Å²) in [5.41, 5.74) is 3.05. The fraction of sp³-hybridized carbons (Fsp3) is 0.353. The lowest BCUT2D eigenvalue weighted by atomic mass is 10.2. The Labute approximate surface area is 130 Å². The first-order valence-electron chi connectivity index (χ1n) is 7.28. The summed E-state index contributed by atoms with van der Waals surface area (Å²) in [5, 5.41) is 4.21. The van der Waals surface area contributed by atoms with Crippen molar-refractivity contribution in [1.82, 2.24) is 10.3 Å². The van der Waals surface area contributed by atoms with Crippen LogP contribution in [-0.2, 0) is 13.2 Å². The lowest BCUT2D eigenvalue weighted by molar-refractivity contribution is 0.300. The van der Waals surface area contributed by atoms with Crippen LogP contribution in [0.3, 0.4) is 0 Å². The first-order chi connectivity index (χ1) is 10.2. The highest BCUT2D eigenvalue weighted by Crippen LogP contribution is 2.23. The van der Waals surface area contributed by atoms with Gasteiger partial charge in [-0.15, -0.1) is 0 Å². The van der Waals surface area contributed by atoms with E-state index in [0.717, 1.165) is 34.3 Å². The van der Waals surface area contributed by atoms with Crippen molar-refractivity contribution in [3.05, 3.63) is 58.4 Å². The summed E-state index contributed by atoms with van der Waals surface area (Å²) >= 11 is 5.99. The molecule has 110 valence electrons. The maximum absolute atomic E-state index is 5.99. The van der Waals surface area contributed by atoms with E-state index in [1.807, 2.05) is 43.3 Å². The van der Waals surface area contributed by atoms with Crippen LogP contribution in [0, 0.1) is 6.92 Å². The van der Waals surface area contributed by atoms with Gasteiger partial charge in [0.05, 0.1) is 5.69 Å². The predicted molar refractivity (Wildman–Crippen MR) is 84.6 cm³/mol. The molecule has 0 aliphatic heterocycles. The summed E-state index contributed by atoms with van der Waals surface area (Å²) in [6.45, 7) is 3.26.